The van der Waals surface area contributed by atoms with E-state index < -0.39 is 0 Å². The van der Waals surface area contributed by atoms with Crippen LogP contribution in [0.25, 0.3) is 0 Å². The zero-order valence-corrected chi connectivity index (χ0v) is 15.7. The van der Waals surface area contributed by atoms with Crippen LogP contribution < -0.4 is 20.4 Å². The summed E-state index contributed by atoms with van der Waals surface area (Å²) in [4.78, 5) is 0. The molecule has 84 valence electrons. The Labute approximate surface area is 131 Å². The number of hydrogen-bond donors (Lipinski definition) is 2. The van der Waals surface area contributed by atoms with Crippen molar-refractivity contribution in [3.8, 4) is 0 Å². The van der Waals surface area contributed by atoms with E-state index in [4.69, 9.17) is 11.5 Å². The quantitative estimate of drug-likeness (QED) is 0.482. The van der Waals surface area contributed by atoms with Gasteiger partial charge < -0.3 is 0 Å². The Morgan fingerprint density at radius 3 is 1.12 bits per heavy atom. The first-order valence-electron chi connectivity index (χ1n) is 4.64. The van der Waals surface area contributed by atoms with Gasteiger partial charge in [0.05, 0.1) is 0 Å². The van der Waals surface area contributed by atoms with Crippen LogP contribution in [0.1, 0.15) is 0 Å². The van der Waals surface area contributed by atoms with Gasteiger partial charge in [-0.05, 0) is 0 Å². The molecule has 0 aliphatic carbocycles. The van der Waals surface area contributed by atoms with E-state index in [9.17, 15) is 0 Å². The minimum atomic E-state index is 0. The van der Waals surface area contributed by atoms with Gasteiger partial charge in [0.2, 0.25) is 0 Å². The monoisotopic (exact) mass is 408 g/mol. The van der Waals surface area contributed by atoms with Gasteiger partial charge in [0.25, 0.3) is 0 Å². The number of rotatable bonds is 0. The maximum atomic E-state index is 5.49. The topological polar surface area (TPSA) is 52.0 Å². The molecule has 4 N–H and O–H groups in total. The molecule has 17 heavy (non-hydrogen) atoms. The number of hydrogen-bond acceptors (Lipinski definition) is 2. The van der Waals surface area contributed by atoms with Crippen molar-refractivity contribution in [2.24, 2.45) is 0 Å². The van der Waals surface area contributed by atoms with Crippen LogP contribution in [0.5, 0.6) is 0 Å². The van der Waals surface area contributed by atoms with E-state index in [1.807, 2.05) is 48.5 Å². The Bertz CT molecular complexity index is 378. The zero-order valence-electron chi connectivity index (χ0n) is 9.30. The maximum absolute atomic E-state index is 5.49. The number of nitrogen functional groups attached to an aromatic ring is 2. The average Bonchev–Trinajstić information content (AvgIpc) is 2.28. The average molecular weight is 408 g/mol. The minimum Gasteiger partial charge on any atom is 0 e. The Morgan fingerprint density at radius 2 is 0.941 bits per heavy atom. The van der Waals surface area contributed by atoms with Crippen LogP contribution in [0, 0.1) is 0 Å². The molecule has 0 spiro atoms. The van der Waals surface area contributed by atoms with Crippen molar-refractivity contribution < 1.29 is 19.5 Å². The Kier molecular flexibility index (Phi) is 8.59. The molecule has 0 fully saturated rings. The predicted octanol–water partition coefficient (Wildman–Crippen LogP) is 0.123. The molecular weight excluding hydrogens is 395 g/mol. The predicted molar refractivity (Wildman–Crippen MR) is 72.5 cm³/mol. The molecule has 0 aliphatic rings. The smallest absolute Gasteiger partial charge is 0 e. The minimum absolute atomic E-state index is 0. The van der Waals surface area contributed by atoms with Crippen molar-refractivity contribution in [2.75, 3.05) is 11.5 Å². The van der Waals surface area contributed by atoms with Crippen LogP contribution >= 0.6 is 0 Å². The van der Waals surface area contributed by atoms with Crippen LogP contribution in [0.3, 0.4) is 0 Å². The third kappa shape index (κ3) is 6.26. The summed E-state index contributed by atoms with van der Waals surface area (Å²) < 4.78 is 2.04. The number of nitrogens with two attached hydrogens (primary N) is 2. The first-order chi connectivity index (χ1) is 7.61. The largest absolute Gasteiger partial charge is 0 e. The fourth-order valence-corrected chi connectivity index (χ4v) is 1.58. The van der Waals surface area contributed by atoms with Gasteiger partial charge in [-0.1, -0.05) is 0 Å². The summed E-state index contributed by atoms with van der Waals surface area (Å²) in [5.41, 5.74) is 12.6. The molecular formula is C12H12N2Se2Zn. The van der Waals surface area contributed by atoms with E-state index in [0.717, 1.165) is 20.3 Å². The number of anilines is 2. The maximum Gasteiger partial charge on any atom is 0 e. The van der Waals surface area contributed by atoms with E-state index >= 15 is 0 Å². The number of para-hydroxylation sites is 2. The molecule has 0 saturated heterocycles. The molecule has 0 bridgehead atoms. The second-order valence-electron chi connectivity index (χ2n) is 3.08. The van der Waals surface area contributed by atoms with E-state index in [1.54, 1.807) is 0 Å². The molecule has 5 heteroatoms. The van der Waals surface area contributed by atoms with Crippen LogP contribution in [0.4, 0.5) is 11.4 Å². The van der Waals surface area contributed by atoms with Crippen LogP contribution in [0.2, 0.25) is 0 Å². The van der Waals surface area contributed by atoms with E-state index in [0.29, 0.717) is 0 Å². The molecule has 0 aliphatic heterocycles. The molecule has 0 atom stereocenters. The van der Waals surface area contributed by atoms with E-state index in [2.05, 4.69) is 32.0 Å². The molecule has 0 amide bonds. The summed E-state index contributed by atoms with van der Waals surface area (Å²) >= 11 is 5.69. The third-order valence-corrected chi connectivity index (χ3v) is 3.40. The molecule has 2 radical (unpaired) electrons. The molecule has 2 rings (SSSR count). The molecule has 2 aromatic carbocycles. The standard InChI is InChI=1S/2C6H6NSe.Zn/c2*7-5-3-1-2-4-6(5)8;/h2*1-4H,7H2;. The van der Waals surface area contributed by atoms with Gasteiger partial charge >= 0.3 is 112 Å². The Balaban J connectivity index is 0.000000284. The fourth-order valence-electron chi connectivity index (χ4n) is 0.961. The summed E-state index contributed by atoms with van der Waals surface area (Å²) in [6.45, 7) is 0. The SMILES string of the molecule is Nc1ccccc1[Se].Nc1ccccc1[Se].[Zn]. The molecule has 0 aromatic heterocycles. The summed E-state index contributed by atoms with van der Waals surface area (Å²) in [5, 5.41) is 0. The number of benzene rings is 2. The normalized spacial score (nSPS) is 8.47. The van der Waals surface area contributed by atoms with Gasteiger partial charge in [0, 0.05) is 19.5 Å². The first-order valence-corrected chi connectivity index (χ1v) is 6.35. The second kappa shape index (κ2) is 8.74. The van der Waals surface area contributed by atoms with Gasteiger partial charge in [-0.2, -0.15) is 0 Å². The van der Waals surface area contributed by atoms with Crippen molar-refractivity contribution in [3.63, 3.8) is 0 Å². The molecule has 0 saturated carbocycles. The van der Waals surface area contributed by atoms with Gasteiger partial charge in [0.15, 0.2) is 0 Å². The van der Waals surface area contributed by atoms with E-state index in [1.165, 1.54) is 0 Å². The molecule has 2 nitrogen and oxygen atoms in total. The van der Waals surface area contributed by atoms with Gasteiger partial charge in [0.1, 0.15) is 0 Å². The van der Waals surface area contributed by atoms with Gasteiger partial charge in [-0.25, -0.2) is 0 Å². The zero-order chi connectivity index (χ0) is 12.0. The summed E-state index contributed by atoms with van der Waals surface area (Å²) in [6.07, 6.45) is 0. The first kappa shape index (κ1) is 16.7. The van der Waals surface area contributed by atoms with Crippen molar-refractivity contribution >= 4 is 52.3 Å². The summed E-state index contributed by atoms with van der Waals surface area (Å²) in [7, 11) is 0. The van der Waals surface area contributed by atoms with Crippen LogP contribution in [-0.2, 0) is 19.5 Å². The molecule has 0 unspecified atom stereocenters. The van der Waals surface area contributed by atoms with Crippen LogP contribution in [-0.4, -0.2) is 32.0 Å². The summed E-state index contributed by atoms with van der Waals surface area (Å²) in [5.74, 6) is 0. The van der Waals surface area contributed by atoms with E-state index in [-0.39, 0.29) is 19.5 Å². The second-order valence-corrected chi connectivity index (χ2v) is 4.92. The van der Waals surface area contributed by atoms with Gasteiger partial charge in [-0.15, -0.1) is 0 Å². The van der Waals surface area contributed by atoms with Crippen molar-refractivity contribution in [1.29, 1.82) is 0 Å². The third-order valence-electron chi connectivity index (χ3n) is 1.84. The summed E-state index contributed by atoms with van der Waals surface area (Å²) in [6, 6.07) is 15.3. The van der Waals surface area contributed by atoms with Crippen LogP contribution in [0.15, 0.2) is 48.5 Å². The molecule has 0 heterocycles. The van der Waals surface area contributed by atoms with Crippen molar-refractivity contribution in [1.82, 2.24) is 0 Å². The van der Waals surface area contributed by atoms with Crippen molar-refractivity contribution in [2.45, 2.75) is 0 Å². The Hall–Kier alpha value is -0.298. The fraction of sp³-hybridized carbons (Fsp3) is 0. The molecule has 2 aromatic rings. The van der Waals surface area contributed by atoms with Crippen molar-refractivity contribution in [3.05, 3.63) is 48.5 Å². The Morgan fingerprint density at radius 1 is 0.647 bits per heavy atom. The van der Waals surface area contributed by atoms with Gasteiger partial charge in [-0.3, -0.25) is 0 Å².